The normalized spacial score (nSPS) is 11.3. The van der Waals surface area contributed by atoms with Crippen molar-refractivity contribution in [2.75, 3.05) is 24.6 Å². The minimum atomic E-state index is -4.17. The average molecular weight is 532 g/mol. The van der Waals surface area contributed by atoms with E-state index in [2.05, 4.69) is 10.5 Å². The molecular weight excluding hydrogens is 506 g/mol. The molecule has 0 spiro atoms. The number of aromatic hydroxyl groups is 1. The minimum absolute atomic E-state index is 0.000948. The van der Waals surface area contributed by atoms with E-state index < -0.39 is 22.5 Å². The summed E-state index contributed by atoms with van der Waals surface area (Å²) >= 11 is 6.14. The van der Waals surface area contributed by atoms with Gasteiger partial charge in [0, 0.05) is 5.02 Å². The Hall–Kier alpha value is -3.76. The van der Waals surface area contributed by atoms with Crippen LogP contribution in [0.1, 0.15) is 18.1 Å². The van der Waals surface area contributed by atoms with Gasteiger partial charge in [0.1, 0.15) is 12.3 Å². The highest BCUT2D eigenvalue weighted by Crippen LogP contribution is 2.34. The van der Waals surface area contributed by atoms with E-state index in [1.807, 2.05) is 6.92 Å². The van der Waals surface area contributed by atoms with Gasteiger partial charge in [-0.05, 0) is 67.9 Å². The van der Waals surface area contributed by atoms with Gasteiger partial charge in [0.2, 0.25) is 0 Å². The maximum atomic E-state index is 13.6. The third-order valence-electron chi connectivity index (χ3n) is 4.99. The molecule has 2 N–H and O–H groups in total. The smallest absolute Gasteiger partial charge is 0.264 e. The van der Waals surface area contributed by atoms with Crippen LogP contribution in [0.3, 0.4) is 0 Å². The molecule has 0 aromatic heterocycles. The van der Waals surface area contributed by atoms with Crippen LogP contribution in [0.2, 0.25) is 5.02 Å². The molecule has 11 heteroatoms. The number of anilines is 1. The van der Waals surface area contributed by atoms with Crippen molar-refractivity contribution in [3.8, 4) is 17.2 Å². The lowest BCUT2D eigenvalue weighted by molar-refractivity contribution is -0.119. The highest BCUT2D eigenvalue weighted by Gasteiger charge is 2.29. The first-order valence-corrected chi connectivity index (χ1v) is 12.7. The number of hydrogen-bond donors (Lipinski definition) is 2. The van der Waals surface area contributed by atoms with Crippen LogP contribution in [-0.2, 0) is 14.8 Å². The van der Waals surface area contributed by atoms with Gasteiger partial charge in [-0.25, -0.2) is 13.8 Å². The Kier molecular flexibility index (Phi) is 8.78. The Morgan fingerprint density at radius 1 is 1.11 bits per heavy atom. The maximum Gasteiger partial charge on any atom is 0.264 e. The Bertz CT molecular complexity index is 1360. The Labute approximate surface area is 215 Å². The highest BCUT2D eigenvalue weighted by molar-refractivity contribution is 7.92. The summed E-state index contributed by atoms with van der Waals surface area (Å²) in [5, 5.41) is 14.0. The zero-order valence-corrected chi connectivity index (χ0v) is 21.5. The number of nitrogens with zero attached hydrogens (tertiary/aromatic N) is 2. The van der Waals surface area contributed by atoms with E-state index in [-0.39, 0.29) is 32.9 Å². The van der Waals surface area contributed by atoms with Crippen molar-refractivity contribution in [2.45, 2.75) is 18.7 Å². The SMILES string of the molecule is CCOc1cc(/C=N\NC(=O)CN(c2cc(Cl)ccc2OC)S(=O)(=O)c2ccc(C)cc2)ccc1O. The summed E-state index contributed by atoms with van der Waals surface area (Å²) in [6, 6.07) is 15.3. The lowest BCUT2D eigenvalue weighted by atomic mass is 10.2. The summed E-state index contributed by atoms with van der Waals surface area (Å²) in [5.41, 5.74) is 3.87. The highest BCUT2D eigenvalue weighted by atomic mass is 35.5. The fraction of sp³-hybridized carbons (Fsp3) is 0.200. The van der Waals surface area contributed by atoms with Crippen LogP contribution >= 0.6 is 11.6 Å². The summed E-state index contributed by atoms with van der Waals surface area (Å²) in [4.78, 5) is 12.8. The number of nitrogens with one attached hydrogen (secondary N) is 1. The molecule has 3 aromatic carbocycles. The molecule has 0 unspecified atom stereocenters. The second kappa shape index (κ2) is 11.8. The van der Waals surface area contributed by atoms with Crippen molar-refractivity contribution in [1.29, 1.82) is 0 Å². The van der Waals surface area contributed by atoms with E-state index in [0.717, 1.165) is 9.87 Å². The maximum absolute atomic E-state index is 13.6. The van der Waals surface area contributed by atoms with Crippen molar-refractivity contribution in [1.82, 2.24) is 5.43 Å². The van der Waals surface area contributed by atoms with Crippen LogP contribution in [-0.4, -0.2) is 45.9 Å². The number of carbonyl (C=O) groups is 1. The van der Waals surface area contributed by atoms with Crippen LogP contribution in [0, 0.1) is 6.92 Å². The number of ether oxygens (including phenoxy) is 2. The van der Waals surface area contributed by atoms with Crippen molar-refractivity contribution < 1.29 is 27.8 Å². The van der Waals surface area contributed by atoms with Crippen molar-refractivity contribution in [2.24, 2.45) is 5.10 Å². The van der Waals surface area contributed by atoms with Crippen LogP contribution in [0.5, 0.6) is 17.2 Å². The number of amides is 1. The van der Waals surface area contributed by atoms with E-state index in [1.54, 1.807) is 37.3 Å². The zero-order valence-electron chi connectivity index (χ0n) is 19.9. The molecule has 0 heterocycles. The molecule has 0 aliphatic heterocycles. The van der Waals surface area contributed by atoms with Crippen molar-refractivity contribution in [3.63, 3.8) is 0 Å². The number of rotatable bonds is 10. The molecule has 36 heavy (non-hydrogen) atoms. The standard InChI is InChI=1S/C25H26ClN3O6S/c1-4-35-24-13-18(7-11-22(24)30)15-27-28-25(31)16-29(21-14-19(26)8-12-23(21)34-3)36(32,33)20-9-5-17(2)6-10-20/h5-15,30H,4,16H2,1-3H3,(H,28,31)/b27-15-. The lowest BCUT2D eigenvalue weighted by Crippen LogP contribution is -2.39. The summed E-state index contributed by atoms with van der Waals surface area (Å²) in [6.45, 7) is 3.39. The van der Waals surface area contributed by atoms with Crippen molar-refractivity contribution in [3.05, 3.63) is 76.8 Å². The van der Waals surface area contributed by atoms with E-state index >= 15 is 0 Å². The summed E-state index contributed by atoms with van der Waals surface area (Å²) < 4.78 is 38.7. The van der Waals surface area contributed by atoms with Crippen LogP contribution in [0.25, 0.3) is 0 Å². The van der Waals surface area contributed by atoms with Crippen LogP contribution < -0.4 is 19.2 Å². The lowest BCUT2D eigenvalue weighted by Gasteiger charge is -2.25. The number of methoxy groups -OCH3 is 1. The quantitative estimate of drug-likeness (QED) is 0.300. The monoisotopic (exact) mass is 531 g/mol. The summed E-state index contributed by atoms with van der Waals surface area (Å²) in [5.74, 6) is -0.228. The van der Waals surface area contributed by atoms with Gasteiger partial charge in [-0.3, -0.25) is 9.10 Å². The number of hydrazone groups is 1. The Morgan fingerprint density at radius 3 is 2.50 bits per heavy atom. The van der Waals surface area contributed by atoms with Crippen LogP contribution in [0.4, 0.5) is 5.69 Å². The molecule has 0 saturated carbocycles. The number of halogens is 1. The first-order valence-electron chi connectivity index (χ1n) is 10.9. The Balaban J connectivity index is 1.89. The van der Waals surface area contributed by atoms with Gasteiger partial charge >= 0.3 is 0 Å². The predicted octanol–water partition coefficient (Wildman–Crippen LogP) is 4.11. The number of phenolic OH excluding ortho intramolecular Hbond substituents is 1. The third kappa shape index (κ3) is 6.46. The minimum Gasteiger partial charge on any atom is -0.504 e. The average Bonchev–Trinajstić information content (AvgIpc) is 2.85. The van der Waals surface area contributed by atoms with Gasteiger partial charge in [0.25, 0.3) is 15.9 Å². The van der Waals surface area contributed by atoms with Gasteiger partial charge in [0.05, 0.1) is 30.5 Å². The molecule has 9 nitrogen and oxygen atoms in total. The molecule has 0 bridgehead atoms. The first kappa shape index (κ1) is 26.8. The van der Waals surface area contributed by atoms with E-state index in [9.17, 15) is 18.3 Å². The molecule has 0 fully saturated rings. The van der Waals surface area contributed by atoms with Gasteiger partial charge in [0.15, 0.2) is 11.5 Å². The molecule has 3 rings (SSSR count). The fourth-order valence-corrected chi connectivity index (χ4v) is 4.81. The number of benzene rings is 3. The molecule has 0 atom stereocenters. The second-order valence-corrected chi connectivity index (χ2v) is 9.89. The van der Waals surface area contributed by atoms with Gasteiger partial charge in [-0.1, -0.05) is 29.3 Å². The molecule has 1 amide bonds. The Morgan fingerprint density at radius 2 is 1.83 bits per heavy atom. The third-order valence-corrected chi connectivity index (χ3v) is 7.00. The molecule has 0 aliphatic carbocycles. The number of carbonyl (C=O) groups excluding carboxylic acids is 1. The molecule has 190 valence electrons. The van der Waals surface area contributed by atoms with Gasteiger partial charge in [-0.2, -0.15) is 5.10 Å². The fourth-order valence-electron chi connectivity index (χ4n) is 3.22. The van der Waals surface area contributed by atoms with Gasteiger partial charge in [-0.15, -0.1) is 0 Å². The summed E-state index contributed by atoms with van der Waals surface area (Å²) in [6.07, 6.45) is 1.35. The zero-order chi connectivity index (χ0) is 26.3. The molecular formula is C25H26ClN3O6S. The van der Waals surface area contributed by atoms with Crippen LogP contribution in [0.15, 0.2) is 70.7 Å². The molecule has 3 aromatic rings. The number of phenols is 1. The van der Waals surface area contributed by atoms with E-state index in [4.69, 9.17) is 21.1 Å². The number of aryl methyl sites for hydroxylation is 1. The topological polar surface area (TPSA) is 118 Å². The van der Waals surface area contributed by atoms with Crippen molar-refractivity contribution >= 4 is 39.4 Å². The molecule has 0 saturated heterocycles. The van der Waals surface area contributed by atoms with E-state index in [1.165, 1.54) is 43.7 Å². The van der Waals surface area contributed by atoms with Gasteiger partial charge < -0.3 is 14.6 Å². The van der Waals surface area contributed by atoms with E-state index in [0.29, 0.717) is 12.2 Å². The molecule has 0 aliphatic rings. The predicted molar refractivity (Wildman–Crippen MR) is 139 cm³/mol. The first-order chi connectivity index (χ1) is 17.1. The summed E-state index contributed by atoms with van der Waals surface area (Å²) in [7, 11) is -2.78. The molecule has 0 radical (unpaired) electrons. The number of sulfonamides is 1. The number of hydrogen-bond acceptors (Lipinski definition) is 7. The second-order valence-electron chi connectivity index (χ2n) is 7.59. The largest absolute Gasteiger partial charge is 0.504 e.